The predicted molar refractivity (Wildman–Crippen MR) is 114 cm³/mol. The molecule has 2 aromatic heterocycles. The Hall–Kier alpha value is -2.42. The van der Waals surface area contributed by atoms with E-state index in [1.807, 2.05) is 39.1 Å². The van der Waals surface area contributed by atoms with Gasteiger partial charge in [-0.05, 0) is 31.4 Å². The van der Waals surface area contributed by atoms with Crippen molar-refractivity contribution in [3.05, 3.63) is 46.5 Å². The molecule has 0 bridgehead atoms. The van der Waals surface area contributed by atoms with Crippen LogP contribution in [0.5, 0.6) is 5.75 Å². The van der Waals surface area contributed by atoms with Crippen LogP contribution in [0.4, 0.5) is 0 Å². The van der Waals surface area contributed by atoms with Crippen molar-refractivity contribution in [3.63, 3.8) is 0 Å². The number of carbonyl (C=O) groups is 1. The van der Waals surface area contributed by atoms with Crippen LogP contribution in [-0.2, 0) is 21.6 Å². The van der Waals surface area contributed by atoms with Gasteiger partial charge in [0.25, 0.3) is 0 Å². The van der Waals surface area contributed by atoms with Gasteiger partial charge < -0.3 is 24.1 Å². The second-order valence-corrected chi connectivity index (χ2v) is 8.95. The maximum atomic E-state index is 11.5. The van der Waals surface area contributed by atoms with Crippen LogP contribution in [0, 0.1) is 6.92 Å². The maximum Gasteiger partial charge on any atom is 0.335 e. The summed E-state index contributed by atoms with van der Waals surface area (Å²) in [5.41, 5.74) is 1.04. The first-order valence-corrected chi connectivity index (χ1v) is 10.6. The number of carboxylic acids is 1. The fourth-order valence-electron chi connectivity index (χ4n) is 3.09. The first kappa shape index (κ1) is 22.3. The predicted octanol–water partition coefficient (Wildman–Crippen LogP) is 4.60. The summed E-state index contributed by atoms with van der Waals surface area (Å²) in [4.78, 5) is 16.0. The molecule has 2 N–H and O–H groups in total. The van der Waals surface area contributed by atoms with Crippen molar-refractivity contribution < 1.29 is 28.9 Å². The van der Waals surface area contributed by atoms with E-state index in [0.717, 1.165) is 21.5 Å². The number of aryl methyl sites for hydroxylation is 1. The lowest BCUT2D eigenvalue weighted by atomic mass is 9.97. The van der Waals surface area contributed by atoms with Gasteiger partial charge in [-0.2, -0.15) is 0 Å². The number of nitrogens with zero attached hydrogens (tertiary/aromatic N) is 1. The van der Waals surface area contributed by atoms with Crippen LogP contribution in [-0.4, -0.2) is 33.9 Å². The summed E-state index contributed by atoms with van der Waals surface area (Å²) in [6.07, 6.45) is -2.62. The molecule has 162 valence electrons. The van der Waals surface area contributed by atoms with Crippen molar-refractivity contribution in [3.8, 4) is 5.75 Å². The number of fused-ring (bicyclic) bond motifs is 1. The molecule has 2 heterocycles. The average Bonchev–Trinajstić information content (AvgIpc) is 3.30. The van der Waals surface area contributed by atoms with Crippen LogP contribution >= 0.6 is 11.3 Å². The van der Waals surface area contributed by atoms with Crippen molar-refractivity contribution in [1.29, 1.82) is 0 Å². The average molecular weight is 434 g/mol. The number of carboxylic acid groups (broad SMARTS) is 1. The molecule has 8 heteroatoms. The van der Waals surface area contributed by atoms with E-state index in [1.165, 1.54) is 11.3 Å². The Balaban J connectivity index is 1.86. The number of aliphatic hydroxyl groups is 1. The molecular formula is C22H27NO6S. The smallest absolute Gasteiger partial charge is 0.335 e. The second-order valence-electron chi connectivity index (χ2n) is 8.04. The summed E-state index contributed by atoms with van der Waals surface area (Å²) in [5, 5.41) is 22.7. The Bertz CT molecular complexity index is 1030. The van der Waals surface area contributed by atoms with Crippen molar-refractivity contribution in [2.75, 3.05) is 6.61 Å². The minimum absolute atomic E-state index is 0.191. The van der Waals surface area contributed by atoms with Gasteiger partial charge in [0.05, 0.1) is 0 Å². The van der Waals surface area contributed by atoms with Gasteiger partial charge in [-0.15, -0.1) is 11.3 Å². The summed E-state index contributed by atoms with van der Waals surface area (Å²) in [7, 11) is 0. The summed E-state index contributed by atoms with van der Waals surface area (Å²) < 4.78 is 17.8. The lowest BCUT2D eigenvalue weighted by Crippen LogP contribution is -2.31. The van der Waals surface area contributed by atoms with E-state index >= 15 is 0 Å². The van der Waals surface area contributed by atoms with E-state index in [2.05, 4.69) is 4.98 Å². The molecule has 3 aromatic rings. The number of benzene rings is 1. The monoisotopic (exact) mass is 433 g/mol. The molecular weight excluding hydrogens is 406 g/mol. The number of aliphatic hydroxyl groups excluding tert-OH is 1. The molecule has 30 heavy (non-hydrogen) atoms. The van der Waals surface area contributed by atoms with Crippen LogP contribution in [0.25, 0.3) is 10.1 Å². The van der Waals surface area contributed by atoms with Crippen LogP contribution in [0.15, 0.2) is 28.0 Å². The molecule has 0 radical (unpaired) electrons. The molecule has 2 atom stereocenters. The summed E-state index contributed by atoms with van der Waals surface area (Å²) in [6.45, 7) is 10.1. The van der Waals surface area contributed by atoms with E-state index in [1.54, 1.807) is 19.1 Å². The number of thiophene rings is 1. The fourth-order valence-corrected chi connectivity index (χ4v) is 4.05. The minimum atomic E-state index is -1.33. The van der Waals surface area contributed by atoms with Crippen LogP contribution in [0.1, 0.15) is 56.7 Å². The first-order chi connectivity index (χ1) is 14.1. The van der Waals surface area contributed by atoms with E-state index in [0.29, 0.717) is 17.2 Å². The molecule has 0 fully saturated rings. The molecule has 0 spiro atoms. The topological polar surface area (TPSA) is 102 Å². The first-order valence-electron chi connectivity index (χ1n) is 9.75. The van der Waals surface area contributed by atoms with Crippen molar-refractivity contribution in [2.24, 2.45) is 0 Å². The van der Waals surface area contributed by atoms with E-state index in [9.17, 15) is 15.0 Å². The van der Waals surface area contributed by atoms with Crippen molar-refractivity contribution >= 4 is 27.4 Å². The van der Waals surface area contributed by atoms with E-state index < -0.39 is 18.2 Å². The Morgan fingerprint density at radius 3 is 2.63 bits per heavy atom. The van der Waals surface area contributed by atoms with Gasteiger partial charge in [-0.1, -0.05) is 26.8 Å². The lowest BCUT2D eigenvalue weighted by molar-refractivity contribution is -0.158. The Kier molecular flexibility index (Phi) is 6.50. The summed E-state index contributed by atoms with van der Waals surface area (Å²) >= 11 is 1.41. The SMILES string of the molecule is CCOC(C(=O)O)C(O)c1ccc(OCc2nc(C(C)(C)C)oc2C)c2ccsc12. The highest BCUT2D eigenvalue weighted by Gasteiger charge is 2.30. The zero-order valence-electron chi connectivity index (χ0n) is 17.8. The minimum Gasteiger partial charge on any atom is -0.486 e. The van der Waals surface area contributed by atoms with Crippen molar-refractivity contribution in [2.45, 2.75) is 58.8 Å². The third-order valence-electron chi connectivity index (χ3n) is 4.70. The zero-order chi connectivity index (χ0) is 22.1. The molecule has 1 aromatic carbocycles. The standard InChI is InChI=1S/C22H27NO6S/c1-6-27-18(20(25)26)17(24)14-7-8-16(13-9-10-30-19(13)14)28-11-15-12(2)29-21(23-15)22(3,4)5/h7-10,17-18,24H,6,11H2,1-5H3,(H,25,26). The molecule has 0 aliphatic carbocycles. The molecule has 0 amide bonds. The van der Waals surface area contributed by atoms with Gasteiger partial charge in [0.2, 0.25) is 0 Å². The van der Waals surface area contributed by atoms with Gasteiger partial charge in [0, 0.05) is 27.7 Å². The normalized spacial score (nSPS) is 14.1. The highest BCUT2D eigenvalue weighted by molar-refractivity contribution is 7.17. The number of ether oxygens (including phenoxy) is 2. The Labute approximate surface area is 179 Å². The summed E-state index contributed by atoms with van der Waals surface area (Å²) in [5.74, 6) is 0.804. The van der Waals surface area contributed by atoms with Gasteiger partial charge in [-0.25, -0.2) is 9.78 Å². The molecule has 2 unspecified atom stereocenters. The van der Waals surface area contributed by atoms with Gasteiger partial charge in [0.1, 0.15) is 29.9 Å². The molecule has 0 saturated heterocycles. The third-order valence-corrected chi connectivity index (χ3v) is 5.66. The molecule has 7 nitrogen and oxygen atoms in total. The number of hydrogen-bond acceptors (Lipinski definition) is 7. The number of aromatic nitrogens is 1. The number of rotatable bonds is 8. The van der Waals surface area contributed by atoms with Crippen LogP contribution in [0.2, 0.25) is 0 Å². The third kappa shape index (κ3) is 4.50. The highest BCUT2D eigenvalue weighted by atomic mass is 32.1. The Morgan fingerprint density at radius 1 is 1.30 bits per heavy atom. The quantitative estimate of drug-likeness (QED) is 0.535. The molecule has 0 saturated carbocycles. The van der Waals surface area contributed by atoms with Gasteiger partial charge in [0.15, 0.2) is 12.0 Å². The molecule has 0 aliphatic rings. The lowest BCUT2D eigenvalue weighted by Gasteiger charge is -2.20. The fraction of sp³-hybridized carbons (Fsp3) is 0.455. The zero-order valence-corrected chi connectivity index (χ0v) is 18.6. The number of aliphatic carboxylic acids is 1. The van der Waals surface area contributed by atoms with Crippen molar-refractivity contribution in [1.82, 2.24) is 4.98 Å². The van der Waals surface area contributed by atoms with E-state index in [4.69, 9.17) is 13.9 Å². The highest BCUT2D eigenvalue weighted by Crippen LogP contribution is 2.37. The Morgan fingerprint density at radius 2 is 2.03 bits per heavy atom. The van der Waals surface area contributed by atoms with Crippen LogP contribution in [0.3, 0.4) is 0 Å². The second kappa shape index (κ2) is 8.75. The van der Waals surface area contributed by atoms with Crippen LogP contribution < -0.4 is 4.74 Å². The summed E-state index contributed by atoms with van der Waals surface area (Å²) in [6, 6.07) is 5.31. The molecule has 0 aliphatic heterocycles. The number of hydrogen-bond donors (Lipinski definition) is 2. The van der Waals surface area contributed by atoms with Gasteiger partial charge >= 0.3 is 5.97 Å². The number of oxazole rings is 1. The van der Waals surface area contributed by atoms with E-state index in [-0.39, 0.29) is 18.6 Å². The van der Waals surface area contributed by atoms with Gasteiger partial charge in [-0.3, -0.25) is 0 Å². The maximum absolute atomic E-state index is 11.5. The molecule has 3 rings (SSSR count). The largest absolute Gasteiger partial charge is 0.486 e.